The number of hydrogen-bond acceptors (Lipinski definition) is 6. The van der Waals surface area contributed by atoms with Gasteiger partial charge in [0.15, 0.2) is 6.33 Å². The molecule has 8 nitrogen and oxygen atoms in total. The summed E-state index contributed by atoms with van der Waals surface area (Å²) in [6.07, 6.45) is 3.22. The molecule has 20 heavy (non-hydrogen) atoms. The van der Waals surface area contributed by atoms with Crippen molar-refractivity contribution in [3.05, 3.63) is 6.33 Å². The lowest BCUT2D eigenvalue weighted by atomic mass is 10.00. The highest BCUT2D eigenvalue weighted by Gasteiger charge is 2.27. The average Bonchev–Trinajstić information content (AvgIpc) is 3.10. The molecule has 2 atom stereocenters. The fourth-order valence-electron chi connectivity index (χ4n) is 2.20. The van der Waals surface area contributed by atoms with E-state index in [4.69, 9.17) is 0 Å². The van der Waals surface area contributed by atoms with Crippen LogP contribution in [0.5, 0.6) is 0 Å². The second-order valence-corrected chi connectivity index (χ2v) is 5.33. The fourth-order valence-corrected chi connectivity index (χ4v) is 2.20. The molecule has 1 aromatic rings. The maximum Gasteiger partial charge on any atom is 0.268 e. The van der Waals surface area contributed by atoms with E-state index >= 15 is 0 Å². The van der Waals surface area contributed by atoms with Crippen molar-refractivity contribution in [2.45, 2.75) is 45.2 Å². The van der Waals surface area contributed by atoms with Gasteiger partial charge in [0.25, 0.3) is 5.91 Å². The Labute approximate surface area is 117 Å². The molecule has 0 radical (unpaired) electrons. The Morgan fingerprint density at radius 3 is 2.85 bits per heavy atom. The van der Waals surface area contributed by atoms with Gasteiger partial charge in [-0.1, -0.05) is 18.6 Å². The molecule has 2 heterocycles. The Morgan fingerprint density at radius 1 is 1.50 bits per heavy atom. The van der Waals surface area contributed by atoms with E-state index in [1.165, 1.54) is 6.33 Å². The summed E-state index contributed by atoms with van der Waals surface area (Å²) in [5, 5.41) is 16.9. The summed E-state index contributed by atoms with van der Waals surface area (Å²) < 4.78 is 0. The number of tetrazole rings is 1. The predicted octanol–water partition coefficient (Wildman–Crippen LogP) is -0.404. The molecule has 8 heteroatoms. The van der Waals surface area contributed by atoms with E-state index in [-0.39, 0.29) is 36.2 Å². The molecule has 1 fully saturated rings. The number of carbonyl (C=O) groups excluding carboxylic acids is 2. The van der Waals surface area contributed by atoms with Crippen LogP contribution in [0.3, 0.4) is 0 Å². The molecule has 1 saturated heterocycles. The molecule has 0 bridgehead atoms. The Bertz CT molecular complexity index is 453. The number of hydrogen-bond donors (Lipinski definition) is 2. The van der Waals surface area contributed by atoms with E-state index in [9.17, 15) is 9.59 Å². The van der Waals surface area contributed by atoms with Gasteiger partial charge in [-0.15, -0.1) is 10.2 Å². The van der Waals surface area contributed by atoms with Crippen molar-refractivity contribution < 1.29 is 9.59 Å². The first-order chi connectivity index (χ1) is 9.58. The summed E-state index contributed by atoms with van der Waals surface area (Å²) in [6, 6.07) is -0.376. The van der Waals surface area contributed by atoms with E-state index in [0.717, 1.165) is 24.2 Å². The third-order valence-corrected chi connectivity index (χ3v) is 3.48. The van der Waals surface area contributed by atoms with Crippen molar-refractivity contribution >= 4 is 11.8 Å². The number of nitrogens with zero attached hydrogens (tertiary/aromatic N) is 4. The minimum atomic E-state index is -0.277. The predicted molar refractivity (Wildman–Crippen MR) is 70.9 cm³/mol. The second-order valence-electron chi connectivity index (χ2n) is 5.33. The van der Waals surface area contributed by atoms with Crippen molar-refractivity contribution in [2.75, 3.05) is 6.54 Å². The first-order valence-electron chi connectivity index (χ1n) is 6.88. The number of amides is 1. The summed E-state index contributed by atoms with van der Waals surface area (Å²) in [4.78, 5) is 25.0. The monoisotopic (exact) mass is 280 g/mol. The Hall–Kier alpha value is -1.83. The topological polar surface area (TPSA) is 102 Å². The van der Waals surface area contributed by atoms with Crippen LogP contribution in [-0.2, 0) is 4.79 Å². The first-order valence-corrected chi connectivity index (χ1v) is 6.88. The van der Waals surface area contributed by atoms with Gasteiger partial charge in [0, 0.05) is 6.04 Å². The molecular weight excluding hydrogens is 260 g/mol. The highest BCUT2D eigenvalue weighted by Crippen LogP contribution is 2.10. The average molecular weight is 280 g/mol. The van der Waals surface area contributed by atoms with Gasteiger partial charge in [-0.05, 0) is 30.5 Å². The van der Waals surface area contributed by atoms with Crippen LogP contribution in [0.4, 0.5) is 0 Å². The van der Waals surface area contributed by atoms with E-state index in [0.29, 0.717) is 0 Å². The lowest BCUT2D eigenvalue weighted by Crippen LogP contribution is -2.48. The summed E-state index contributed by atoms with van der Waals surface area (Å²) in [5.74, 6) is -0.172. The van der Waals surface area contributed by atoms with Crippen molar-refractivity contribution in [1.29, 1.82) is 0 Å². The molecule has 110 valence electrons. The van der Waals surface area contributed by atoms with Gasteiger partial charge in [-0.25, -0.2) is 0 Å². The number of aromatic nitrogens is 4. The van der Waals surface area contributed by atoms with Crippen LogP contribution in [-0.4, -0.2) is 50.7 Å². The van der Waals surface area contributed by atoms with Gasteiger partial charge >= 0.3 is 0 Å². The normalized spacial score (nSPS) is 20.1. The molecule has 2 N–H and O–H groups in total. The maximum atomic E-state index is 12.1. The smallest absolute Gasteiger partial charge is 0.268 e. The maximum absolute atomic E-state index is 12.1. The van der Waals surface area contributed by atoms with Gasteiger partial charge in [0.2, 0.25) is 5.91 Å². The first kappa shape index (κ1) is 14.6. The molecule has 2 rings (SSSR count). The number of nitrogens with one attached hydrogen (secondary N) is 2. The zero-order valence-corrected chi connectivity index (χ0v) is 11.7. The van der Waals surface area contributed by atoms with Crippen molar-refractivity contribution in [2.24, 2.45) is 5.92 Å². The zero-order chi connectivity index (χ0) is 14.5. The van der Waals surface area contributed by atoms with Gasteiger partial charge in [-0.3, -0.25) is 9.59 Å². The van der Waals surface area contributed by atoms with Crippen LogP contribution in [0.15, 0.2) is 6.33 Å². The van der Waals surface area contributed by atoms with Crippen molar-refractivity contribution in [3.8, 4) is 0 Å². The van der Waals surface area contributed by atoms with Crippen LogP contribution in [0, 0.1) is 5.92 Å². The quantitative estimate of drug-likeness (QED) is 0.760. The highest BCUT2D eigenvalue weighted by molar-refractivity contribution is 5.83. The molecule has 0 aliphatic carbocycles. The second kappa shape index (κ2) is 6.56. The SMILES string of the molecule is CC(C)C(CC(=O)n1ncnn1)NC(=O)[C@@H]1CCCN1. The summed E-state index contributed by atoms with van der Waals surface area (Å²) >= 11 is 0. The molecule has 1 aliphatic rings. The van der Waals surface area contributed by atoms with Gasteiger partial charge in [-0.2, -0.15) is 0 Å². The van der Waals surface area contributed by atoms with Crippen molar-refractivity contribution in [1.82, 2.24) is 30.8 Å². The molecule has 1 amide bonds. The summed E-state index contributed by atoms with van der Waals surface area (Å²) in [7, 11) is 0. The van der Waals surface area contributed by atoms with Gasteiger partial charge in [0.05, 0.1) is 12.5 Å². The Morgan fingerprint density at radius 2 is 2.30 bits per heavy atom. The van der Waals surface area contributed by atoms with Crippen LogP contribution < -0.4 is 10.6 Å². The van der Waals surface area contributed by atoms with Crippen molar-refractivity contribution in [3.63, 3.8) is 0 Å². The van der Waals surface area contributed by atoms with Gasteiger partial charge < -0.3 is 10.6 Å². The van der Waals surface area contributed by atoms with E-state index in [1.807, 2.05) is 13.8 Å². The molecular formula is C12H20N6O2. The van der Waals surface area contributed by atoms with E-state index in [1.54, 1.807) is 0 Å². The lowest BCUT2D eigenvalue weighted by molar-refractivity contribution is -0.123. The van der Waals surface area contributed by atoms with Gasteiger partial charge in [0.1, 0.15) is 0 Å². The summed E-state index contributed by atoms with van der Waals surface area (Å²) in [5.41, 5.74) is 0. The molecule has 1 aromatic heterocycles. The molecule has 0 saturated carbocycles. The minimum absolute atomic E-state index is 0.0412. The van der Waals surface area contributed by atoms with Crippen LogP contribution in [0.1, 0.15) is 37.9 Å². The Kier molecular flexibility index (Phi) is 4.78. The molecule has 1 unspecified atom stereocenters. The van der Waals surface area contributed by atoms with E-state index in [2.05, 4.69) is 26.0 Å². The number of rotatable bonds is 5. The molecule has 0 aromatic carbocycles. The Balaban J connectivity index is 1.93. The lowest BCUT2D eigenvalue weighted by Gasteiger charge is -2.23. The fraction of sp³-hybridized carbons (Fsp3) is 0.750. The van der Waals surface area contributed by atoms with Crippen LogP contribution in [0.2, 0.25) is 0 Å². The number of carbonyl (C=O) groups is 2. The molecule has 0 spiro atoms. The summed E-state index contributed by atoms with van der Waals surface area (Å²) in [6.45, 7) is 4.80. The molecule has 1 aliphatic heterocycles. The van der Waals surface area contributed by atoms with Crippen LogP contribution >= 0.6 is 0 Å². The van der Waals surface area contributed by atoms with Crippen LogP contribution in [0.25, 0.3) is 0 Å². The minimum Gasteiger partial charge on any atom is -0.351 e. The zero-order valence-electron chi connectivity index (χ0n) is 11.7. The third-order valence-electron chi connectivity index (χ3n) is 3.48. The largest absolute Gasteiger partial charge is 0.351 e. The van der Waals surface area contributed by atoms with E-state index < -0.39 is 0 Å². The third kappa shape index (κ3) is 3.60. The highest BCUT2D eigenvalue weighted by atomic mass is 16.2. The standard InChI is InChI=1S/C12H20N6O2/c1-8(2)10(6-11(19)18-15-7-14-17-18)16-12(20)9-4-3-5-13-9/h7-10,13H,3-6H2,1-2H3,(H,16,20)/t9-,10?/m0/s1.